The van der Waals surface area contributed by atoms with Crippen LogP contribution >= 0.6 is 0 Å². The first-order valence-electron chi connectivity index (χ1n) is 6.98. The molecule has 0 bridgehead atoms. The van der Waals surface area contributed by atoms with Gasteiger partial charge in [0, 0.05) is 17.0 Å². The van der Waals surface area contributed by atoms with Crippen molar-refractivity contribution < 1.29 is 9.84 Å². The predicted molar refractivity (Wildman–Crippen MR) is 81.3 cm³/mol. The van der Waals surface area contributed by atoms with Gasteiger partial charge in [-0.05, 0) is 18.2 Å². The fourth-order valence-electron chi connectivity index (χ4n) is 2.67. The second-order valence-electron chi connectivity index (χ2n) is 5.26. The van der Waals surface area contributed by atoms with Gasteiger partial charge in [0.2, 0.25) is 0 Å². The first kappa shape index (κ1) is 12.5. The van der Waals surface area contributed by atoms with Crippen molar-refractivity contribution >= 4 is 27.6 Å². The Balaban J connectivity index is 1.79. The molecule has 0 unspecified atom stereocenters. The third-order valence-corrected chi connectivity index (χ3v) is 3.82. The number of rotatable bonds is 2. The van der Waals surface area contributed by atoms with E-state index >= 15 is 0 Å². The minimum Gasteiger partial charge on any atom is -0.388 e. The Morgan fingerprint density at radius 1 is 1.05 bits per heavy atom. The number of fused-ring (bicyclic) bond motifs is 3. The van der Waals surface area contributed by atoms with Gasteiger partial charge in [0.05, 0.1) is 36.4 Å². The van der Waals surface area contributed by atoms with Crippen molar-refractivity contribution in [2.75, 3.05) is 18.5 Å². The van der Waals surface area contributed by atoms with Crippen LogP contribution in [0.2, 0.25) is 0 Å². The third-order valence-electron chi connectivity index (χ3n) is 3.82. The average molecular weight is 281 g/mol. The maximum absolute atomic E-state index is 9.81. The zero-order valence-corrected chi connectivity index (χ0v) is 11.4. The van der Waals surface area contributed by atoms with Crippen molar-refractivity contribution in [2.45, 2.75) is 12.1 Å². The van der Waals surface area contributed by atoms with Crippen LogP contribution < -0.4 is 5.32 Å². The molecule has 5 heteroatoms. The number of benzene rings is 1. The van der Waals surface area contributed by atoms with Gasteiger partial charge < -0.3 is 15.2 Å². The molecule has 0 radical (unpaired) electrons. The lowest BCUT2D eigenvalue weighted by Crippen LogP contribution is -2.32. The van der Waals surface area contributed by atoms with E-state index in [0.717, 1.165) is 27.6 Å². The SMILES string of the molecule is O[C@@H]1COC[C@@H]1Nc1ccc2ccc3cccnc3c2n1. The molecule has 2 aromatic heterocycles. The van der Waals surface area contributed by atoms with Gasteiger partial charge in [0.25, 0.3) is 0 Å². The number of pyridine rings is 2. The molecule has 1 aromatic carbocycles. The van der Waals surface area contributed by atoms with Gasteiger partial charge in [-0.1, -0.05) is 18.2 Å². The lowest BCUT2D eigenvalue weighted by molar-refractivity contribution is 0.125. The summed E-state index contributed by atoms with van der Waals surface area (Å²) in [5.74, 6) is 0.732. The highest BCUT2D eigenvalue weighted by Crippen LogP contribution is 2.24. The maximum atomic E-state index is 9.81. The molecule has 2 N–H and O–H groups in total. The van der Waals surface area contributed by atoms with E-state index in [1.807, 2.05) is 36.4 Å². The highest BCUT2D eigenvalue weighted by Gasteiger charge is 2.26. The molecule has 5 nitrogen and oxygen atoms in total. The van der Waals surface area contributed by atoms with Crippen LogP contribution in [0.3, 0.4) is 0 Å². The molecule has 4 rings (SSSR count). The van der Waals surface area contributed by atoms with Crippen LogP contribution in [-0.2, 0) is 4.74 Å². The number of ether oxygens (including phenoxy) is 1. The third kappa shape index (κ3) is 2.20. The fourth-order valence-corrected chi connectivity index (χ4v) is 2.67. The van der Waals surface area contributed by atoms with Crippen LogP contribution in [0.4, 0.5) is 5.82 Å². The van der Waals surface area contributed by atoms with Crippen molar-refractivity contribution in [2.24, 2.45) is 0 Å². The molecule has 106 valence electrons. The van der Waals surface area contributed by atoms with Crippen molar-refractivity contribution in [3.05, 3.63) is 42.6 Å². The number of nitrogens with zero attached hydrogens (tertiary/aromatic N) is 2. The van der Waals surface area contributed by atoms with Crippen LogP contribution in [-0.4, -0.2) is 40.4 Å². The van der Waals surface area contributed by atoms with Crippen molar-refractivity contribution in [1.29, 1.82) is 0 Å². The minimum atomic E-state index is -0.492. The number of aliphatic hydroxyl groups excluding tert-OH is 1. The van der Waals surface area contributed by atoms with E-state index < -0.39 is 6.10 Å². The highest BCUT2D eigenvalue weighted by atomic mass is 16.5. The fraction of sp³-hybridized carbons (Fsp3) is 0.250. The molecule has 0 spiro atoms. The van der Waals surface area contributed by atoms with Gasteiger partial charge in [-0.2, -0.15) is 0 Å². The van der Waals surface area contributed by atoms with E-state index in [4.69, 9.17) is 4.74 Å². The number of nitrogens with one attached hydrogen (secondary N) is 1. The summed E-state index contributed by atoms with van der Waals surface area (Å²) in [6, 6.07) is 11.9. The summed E-state index contributed by atoms with van der Waals surface area (Å²) in [6.07, 6.45) is 1.28. The molecule has 3 heterocycles. The molecular formula is C16H15N3O2. The second-order valence-corrected chi connectivity index (χ2v) is 5.26. The molecule has 21 heavy (non-hydrogen) atoms. The largest absolute Gasteiger partial charge is 0.388 e. The number of aromatic nitrogens is 2. The van der Waals surface area contributed by atoms with E-state index in [1.54, 1.807) is 6.20 Å². The van der Waals surface area contributed by atoms with Crippen molar-refractivity contribution in [3.8, 4) is 0 Å². The summed E-state index contributed by atoms with van der Waals surface area (Å²) in [4.78, 5) is 9.09. The summed E-state index contributed by atoms with van der Waals surface area (Å²) >= 11 is 0. The van der Waals surface area contributed by atoms with Crippen molar-refractivity contribution in [1.82, 2.24) is 9.97 Å². The number of hydrogen-bond acceptors (Lipinski definition) is 5. The minimum absolute atomic E-state index is 0.113. The van der Waals surface area contributed by atoms with E-state index in [1.165, 1.54) is 0 Å². The van der Waals surface area contributed by atoms with Gasteiger partial charge in [-0.25, -0.2) is 4.98 Å². The monoisotopic (exact) mass is 281 g/mol. The number of aliphatic hydroxyl groups is 1. The molecule has 1 aliphatic rings. The summed E-state index contributed by atoms with van der Waals surface area (Å²) in [5.41, 5.74) is 1.76. The van der Waals surface area contributed by atoms with E-state index in [0.29, 0.717) is 13.2 Å². The van der Waals surface area contributed by atoms with E-state index in [2.05, 4.69) is 15.3 Å². The highest BCUT2D eigenvalue weighted by molar-refractivity contribution is 6.03. The first-order chi connectivity index (χ1) is 10.3. The molecule has 0 aliphatic carbocycles. The lowest BCUT2D eigenvalue weighted by atomic mass is 10.1. The molecular weight excluding hydrogens is 266 g/mol. The van der Waals surface area contributed by atoms with Crippen molar-refractivity contribution in [3.63, 3.8) is 0 Å². The van der Waals surface area contributed by atoms with Gasteiger partial charge in [0.1, 0.15) is 5.82 Å². The van der Waals surface area contributed by atoms with Crippen LogP contribution in [0.25, 0.3) is 21.8 Å². The number of anilines is 1. The topological polar surface area (TPSA) is 67.3 Å². The van der Waals surface area contributed by atoms with Crippen LogP contribution in [0.1, 0.15) is 0 Å². The summed E-state index contributed by atoms with van der Waals surface area (Å²) in [6.45, 7) is 0.865. The first-order valence-corrected chi connectivity index (χ1v) is 6.98. The molecule has 1 saturated heterocycles. The van der Waals surface area contributed by atoms with Gasteiger partial charge in [-0.15, -0.1) is 0 Å². The zero-order chi connectivity index (χ0) is 14.2. The normalized spacial score (nSPS) is 22.0. The molecule has 3 aromatic rings. The maximum Gasteiger partial charge on any atom is 0.127 e. The Hall–Kier alpha value is -2.24. The quantitative estimate of drug-likeness (QED) is 0.703. The second kappa shape index (κ2) is 4.95. The number of hydrogen-bond donors (Lipinski definition) is 2. The van der Waals surface area contributed by atoms with Crippen LogP contribution in [0.15, 0.2) is 42.6 Å². The molecule has 1 aliphatic heterocycles. The van der Waals surface area contributed by atoms with Crippen LogP contribution in [0, 0.1) is 0 Å². The lowest BCUT2D eigenvalue weighted by Gasteiger charge is -2.15. The van der Waals surface area contributed by atoms with Gasteiger partial charge in [-0.3, -0.25) is 4.98 Å². The molecule has 1 fully saturated rings. The standard InChI is InChI=1S/C16H15N3O2/c20-13-9-21-8-12(13)18-14-6-5-11-4-3-10-2-1-7-17-15(10)16(11)19-14/h1-7,12-13,20H,8-9H2,(H,18,19)/t12-,13+/m0/s1. The van der Waals surface area contributed by atoms with Crippen LogP contribution in [0.5, 0.6) is 0 Å². The summed E-state index contributed by atoms with van der Waals surface area (Å²) < 4.78 is 5.25. The Bertz CT molecular complexity index is 806. The Morgan fingerprint density at radius 2 is 1.86 bits per heavy atom. The Morgan fingerprint density at radius 3 is 2.67 bits per heavy atom. The van der Waals surface area contributed by atoms with E-state index in [-0.39, 0.29) is 6.04 Å². The van der Waals surface area contributed by atoms with Gasteiger partial charge >= 0.3 is 0 Å². The molecule has 0 amide bonds. The smallest absolute Gasteiger partial charge is 0.127 e. The van der Waals surface area contributed by atoms with Gasteiger partial charge in [0.15, 0.2) is 0 Å². The summed E-state index contributed by atoms with van der Waals surface area (Å²) in [5, 5.41) is 15.2. The average Bonchev–Trinajstić information content (AvgIpc) is 2.92. The molecule has 0 saturated carbocycles. The Kier molecular flexibility index (Phi) is 2.94. The molecule has 2 atom stereocenters. The zero-order valence-electron chi connectivity index (χ0n) is 11.4. The predicted octanol–water partition coefficient (Wildman–Crippen LogP) is 1.95. The Labute approximate surface area is 121 Å². The summed E-state index contributed by atoms with van der Waals surface area (Å²) in [7, 11) is 0. The van der Waals surface area contributed by atoms with E-state index in [9.17, 15) is 5.11 Å².